The van der Waals surface area contributed by atoms with E-state index >= 15 is 0 Å². The maximum Gasteiger partial charge on any atom is 0.241 e. The molecule has 1 aliphatic heterocycles. The number of amides is 1. The summed E-state index contributed by atoms with van der Waals surface area (Å²) in [7, 11) is -3.74. The van der Waals surface area contributed by atoms with Crippen LogP contribution in [-0.4, -0.2) is 50.6 Å². The van der Waals surface area contributed by atoms with Gasteiger partial charge in [-0.1, -0.05) is 0 Å². The number of carbonyl (C=O) groups is 1. The molecular formula is C19H25N5O4S. The summed E-state index contributed by atoms with van der Waals surface area (Å²) in [6.07, 6.45) is 0. The number of carbonyl (C=O) groups excluding carboxylic acids is 1. The zero-order chi connectivity index (χ0) is 21.0. The van der Waals surface area contributed by atoms with Crippen molar-refractivity contribution >= 4 is 27.6 Å². The van der Waals surface area contributed by atoms with Crippen molar-refractivity contribution in [2.75, 3.05) is 36.5 Å². The summed E-state index contributed by atoms with van der Waals surface area (Å²) in [5, 5.41) is 2.64. The molecule has 0 atom stereocenters. The van der Waals surface area contributed by atoms with Gasteiger partial charge in [-0.15, -0.1) is 0 Å². The summed E-state index contributed by atoms with van der Waals surface area (Å²) in [6, 6.07) is 6.43. The summed E-state index contributed by atoms with van der Waals surface area (Å²) < 4.78 is 33.5. The van der Waals surface area contributed by atoms with Crippen LogP contribution in [0.3, 0.4) is 0 Å². The molecular weight excluding hydrogens is 394 g/mol. The van der Waals surface area contributed by atoms with Gasteiger partial charge in [-0.05, 0) is 43.7 Å². The third kappa shape index (κ3) is 5.49. The Kier molecular flexibility index (Phi) is 6.46. The largest absolute Gasteiger partial charge is 0.378 e. The molecule has 2 heterocycles. The van der Waals surface area contributed by atoms with E-state index in [9.17, 15) is 13.2 Å². The Morgan fingerprint density at radius 2 is 1.90 bits per heavy atom. The molecule has 0 radical (unpaired) electrons. The van der Waals surface area contributed by atoms with Crippen molar-refractivity contribution in [1.29, 1.82) is 0 Å². The molecule has 1 amide bonds. The highest BCUT2D eigenvalue weighted by Gasteiger charge is 2.19. The Hall–Kier alpha value is -2.56. The van der Waals surface area contributed by atoms with Gasteiger partial charge in [0.15, 0.2) is 0 Å². The molecule has 0 unspecified atom stereocenters. The molecule has 2 N–H and O–H groups in total. The number of anilines is 2. The van der Waals surface area contributed by atoms with E-state index in [4.69, 9.17) is 4.74 Å². The Morgan fingerprint density at radius 3 is 2.55 bits per heavy atom. The van der Waals surface area contributed by atoms with Crippen molar-refractivity contribution in [3.63, 3.8) is 0 Å². The molecule has 9 nitrogen and oxygen atoms in total. The normalized spacial score (nSPS) is 14.7. The van der Waals surface area contributed by atoms with Crippen LogP contribution in [0.5, 0.6) is 0 Å². The van der Waals surface area contributed by atoms with E-state index in [0.29, 0.717) is 49.2 Å². The van der Waals surface area contributed by atoms with E-state index in [1.807, 2.05) is 11.8 Å². The zero-order valence-corrected chi connectivity index (χ0v) is 17.5. The number of sulfonamides is 1. The first-order valence-corrected chi connectivity index (χ1v) is 10.8. The molecule has 0 saturated carbocycles. The van der Waals surface area contributed by atoms with Crippen molar-refractivity contribution in [2.24, 2.45) is 0 Å². The van der Waals surface area contributed by atoms with Crippen LogP contribution in [0, 0.1) is 13.8 Å². The van der Waals surface area contributed by atoms with Gasteiger partial charge in [0.05, 0.1) is 30.3 Å². The van der Waals surface area contributed by atoms with Crippen molar-refractivity contribution in [3.8, 4) is 0 Å². The maximum absolute atomic E-state index is 12.8. The lowest BCUT2D eigenvalue weighted by Gasteiger charge is -2.27. The molecule has 3 rings (SSSR count). The number of hydrogen-bond acceptors (Lipinski definition) is 7. The predicted molar refractivity (Wildman–Crippen MR) is 109 cm³/mol. The molecule has 10 heteroatoms. The van der Waals surface area contributed by atoms with Crippen molar-refractivity contribution in [3.05, 3.63) is 41.2 Å². The minimum absolute atomic E-state index is 0.0515. The number of hydrogen-bond donors (Lipinski definition) is 2. The summed E-state index contributed by atoms with van der Waals surface area (Å²) in [5.74, 6) is 0.367. The molecule has 1 fully saturated rings. The van der Waals surface area contributed by atoms with Gasteiger partial charge in [0.2, 0.25) is 21.9 Å². The quantitative estimate of drug-likeness (QED) is 0.727. The van der Waals surface area contributed by atoms with Crippen LogP contribution in [0.25, 0.3) is 0 Å². The van der Waals surface area contributed by atoms with Crippen molar-refractivity contribution in [1.82, 2.24) is 14.7 Å². The molecule has 2 aromatic rings. The lowest BCUT2D eigenvalue weighted by atomic mass is 10.2. The van der Waals surface area contributed by atoms with Gasteiger partial charge < -0.3 is 15.0 Å². The molecule has 29 heavy (non-hydrogen) atoms. The van der Waals surface area contributed by atoms with Crippen LogP contribution in [0.15, 0.2) is 29.2 Å². The molecule has 1 saturated heterocycles. The van der Waals surface area contributed by atoms with E-state index in [1.165, 1.54) is 13.0 Å². The highest BCUT2D eigenvalue weighted by molar-refractivity contribution is 7.89. The third-order valence-corrected chi connectivity index (χ3v) is 5.98. The number of nitrogens with zero attached hydrogens (tertiary/aromatic N) is 3. The Balaban J connectivity index is 1.75. The smallest absolute Gasteiger partial charge is 0.241 e. The average Bonchev–Trinajstić information content (AvgIpc) is 2.66. The van der Waals surface area contributed by atoms with E-state index in [1.54, 1.807) is 25.1 Å². The first-order chi connectivity index (χ1) is 13.7. The molecule has 0 spiro atoms. The van der Waals surface area contributed by atoms with E-state index in [2.05, 4.69) is 20.0 Å². The Labute approximate surface area is 170 Å². The van der Waals surface area contributed by atoms with Crippen LogP contribution < -0.4 is 14.9 Å². The molecule has 0 bridgehead atoms. The lowest BCUT2D eigenvalue weighted by Crippen LogP contribution is -2.37. The number of aromatic nitrogens is 2. The number of aryl methyl sites for hydroxylation is 2. The lowest BCUT2D eigenvalue weighted by molar-refractivity contribution is -0.114. The topological polar surface area (TPSA) is 114 Å². The standard InChI is InChI=1S/C19H25N5O4S/c1-13-10-16(22-15(3)25)4-5-18(13)29(26,27)20-12-17-11-14(2)21-19(23-17)24-6-8-28-9-7-24/h4-5,10-11,20H,6-9,12H2,1-3H3,(H,22,25). The van der Waals surface area contributed by atoms with Gasteiger partial charge in [-0.3, -0.25) is 4.79 Å². The second kappa shape index (κ2) is 8.85. The second-order valence-electron chi connectivity index (χ2n) is 6.89. The summed E-state index contributed by atoms with van der Waals surface area (Å²) in [5.41, 5.74) is 2.45. The van der Waals surface area contributed by atoms with Crippen LogP contribution in [0.4, 0.5) is 11.6 Å². The molecule has 156 valence electrons. The van der Waals surface area contributed by atoms with E-state index < -0.39 is 10.0 Å². The fourth-order valence-corrected chi connectivity index (χ4v) is 4.31. The summed E-state index contributed by atoms with van der Waals surface area (Å²) >= 11 is 0. The maximum atomic E-state index is 12.8. The number of ether oxygens (including phenoxy) is 1. The highest BCUT2D eigenvalue weighted by Crippen LogP contribution is 2.20. The number of rotatable bonds is 6. The molecule has 1 aliphatic rings. The number of benzene rings is 1. The average molecular weight is 420 g/mol. The highest BCUT2D eigenvalue weighted by atomic mass is 32.2. The minimum atomic E-state index is -3.74. The molecule has 0 aliphatic carbocycles. The van der Waals surface area contributed by atoms with Crippen LogP contribution in [0.1, 0.15) is 23.9 Å². The van der Waals surface area contributed by atoms with Gasteiger partial charge >= 0.3 is 0 Å². The van der Waals surface area contributed by atoms with Crippen LogP contribution in [-0.2, 0) is 26.1 Å². The first kappa shape index (κ1) is 21.2. The molecule has 1 aromatic heterocycles. The zero-order valence-electron chi connectivity index (χ0n) is 16.7. The van der Waals surface area contributed by atoms with Gasteiger partial charge in [-0.2, -0.15) is 0 Å². The van der Waals surface area contributed by atoms with Gasteiger partial charge in [0.1, 0.15) is 0 Å². The first-order valence-electron chi connectivity index (χ1n) is 9.30. The minimum Gasteiger partial charge on any atom is -0.378 e. The summed E-state index contributed by atoms with van der Waals surface area (Å²) in [4.78, 5) is 22.3. The fraction of sp³-hybridized carbons (Fsp3) is 0.421. The second-order valence-corrected chi connectivity index (χ2v) is 8.62. The van der Waals surface area contributed by atoms with Gasteiger partial charge in [-0.25, -0.2) is 23.1 Å². The van der Waals surface area contributed by atoms with Gasteiger partial charge in [0, 0.05) is 31.4 Å². The van der Waals surface area contributed by atoms with Crippen molar-refractivity contribution < 1.29 is 17.9 Å². The van der Waals surface area contributed by atoms with Crippen LogP contribution >= 0.6 is 0 Å². The fourth-order valence-electron chi connectivity index (χ4n) is 3.09. The number of nitrogens with one attached hydrogen (secondary N) is 2. The predicted octanol–water partition coefficient (Wildman–Crippen LogP) is 1.37. The Morgan fingerprint density at radius 1 is 1.17 bits per heavy atom. The van der Waals surface area contributed by atoms with Crippen molar-refractivity contribution in [2.45, 2.75) is 32.2 Å². The van der Waals surface area contributed by atoms with E-state index in [-0.39, 0.29) is 17.3 Å². The summed E-state index contributed by atoms with van der Waals surface area (Å²) in [6.45, 7) is 7.63. The van der Waals surface area contributed by atoms with E-state index in [0.717, 1.165) is 5.69 Å². The SMILES string of the molecule is CC(=O)Nc1ccc(S(=O)(=O)NCc2cc(C)nc(N3CCOCC3)n2)c(C)c1. The Bertz CT molecular complexity index is 1000. The van der Waals surface area contributed by atoms with Crippen LogP contribution in [0.2, 0.25) is 0 Å². The monoisotopic (exact) mass is 419 g/mol. The third-order valence-electron chi connectivity index (χ3n) is 4.42. The molecule has 1 aromatic carbocycles. The number of morpholine rings is 1. The van der Waals surface area contributed by atoms with Gasteiger partial charge in [0.25, 0.3) is 0 Å².